The normalized spacial score (nSPS) is 10.4. The highest BCUT2D eigenvalue weighted by molar-refractivity contribution is 14.1. The van der Waals surface area contributed by atoms with Crippen LogP contribution in [0.4, 0.5) is 0 Å². The Kier molecular flexibility index (Phi) is 7.59. The Morgan fingerprint density at radius 1 is 0.955 bits per heavy atom. The van der Waals surface area contributed by atoms with Crippen LogP contribution in [0.15, 0.2) is 48.5 Å². The Bertz CT molecular complexity index is 688. The van der Waals surface area contributed by atoms with E-state index in [1.807, 2.05) is 36.4 Å². The molecule has 120 valence electrons. The SMILES string of the molecule is COc1cccc(-c2ccccc2)c1OC.O=S(=O)(O)OI. The van der Waals surface area contributed by atoms with E-state index in [2.05, 4.69) is 14.6 Å². The van der Waals surface area contributed by atoms with Crippen molar-refractivity contribution in [3.05, 3.63) is 48.5 Å². The van der Waals surface area contributed by atoms with E-state index in [9.17, 15) is 8.42 Å². The quantitative estimate of drug-likeness (QED) is 0.581. The fraction of sp³-hybridized carbons (Fsp3) is 0.143. The van der Waals surface area contributed by atoms with E-state index in [4.69, 9.17) is 14.0 Å². The summed E-state index contributed by atoms with van der Waals surface area (Å²) < 4.78 is 40.3. The zero-order valence-electron chi connectivity index (χ0n) is 11.9. The highest BCUT2D eigenvalue weighted by atomic mass is 127. The van der Waals surface area contributed by atoms with Gasteiger partial charge in [-0.1, -0.05) is 42.5 Å². The standard InChI is InChI=1S/C14H14O2.HIO4S/c1-15-13-10-6-9-12(14(13)16-2)11-7-4-3-5-8-11;1-5-6(2,3)4/h3-10H,1-2H3;(H,2,3,4). The summed E-state index contributed by atoms with van der Waals surface area (Å²) >= 11 is 1.06. The minimum atomic E-state index is -4.18. The van der Waals surface area contributed by atoms with Crippen molar-refractivity contribution in [2.75, 3.05) is 14.2 Å². The minimum absolute atomic E-state index is 0.754. The van der Waals surface area contributed by atoms with E-state index in [0.29, 0.717) is 0 Å². The largest absolute Gasteiger partial charge is 0.493 e. The second kappa shape index (κ2) is 8.93. The third-order valence-corrected chi connectivity index (χ3v) is 4.09. The molecule has 2 aromatic carbocycles. The van der Waals surface area contributed by atoms with Gasteiger partial charge in [-0.15, -0.1) is 0 Å². The summed E-state index contributed by atoms with van der Waals surface area (Å²) in [6, 6.07) is 16.0. The van der Waals surface area contributed by atoms with Gasteiger partial charge in [-0.25, -0.2) is 0 Å². The predicted octanol–water partition coefficient (Wildman–Crippen LogP) is 3.53. The number of ether oxygens (including phenoxy) is 2. The van der Waals surface area contributed by atoms with Gasteiger partial charge in [-0.2, -0.15) is 10.9 Å². The maximum absolute atomic E-state index is 9.33. The van der Waals surface area contributed by atoms with E-state index in [1.54, 1.807) is 14.2 Å². The highest BCUT2D eigenvalue weighted by Gasteiger charge is 2.10. The summed E-state index contributed by atoms with van der Waals surface area (Å²) in [7, 11) is -0.873. The van der Waals surface area contributed by atoms with Crippen molar-refractivity contribution < 1.29 is 25.0 Å². The summed E-state index contributed by atoms with van der Waals surface area (Å²) in [6.45, 7) is 0. The molecule has 0 aliphatic rings. The van der Waals surface area contributed by atoms with E-state index < -0.39 is 10.4 Å². The van der Waals surface area contributed by atoms with Crippen LogP contribution in [-0.4, -0.2) is 27.2 Å². The topological polar surface area (TPSA) is 82.1 Å². The molecule has 0 aliphatic carbocycles. The van der Waals surface area contributed by atoms with Gasteiger partial charge in [0.25, 0.3) is 0 Å². The molecule has 0 fully saturated rings. The molecule has 0 aliphatic heterocycles. The number of benzene rings is 2. The fourth-order valence-electron chi connectivity index (χ4n) is 1.73. The van der Waals surface area contributed by atoms with Crippen molar-refractivity contribution in [1.82, 2.24) is 0 Å². The van der Waals surface area contributed by atoms with Crippen LogP contribution in [0.3, 0.4) is 0 Å². The third-order valence-electron chi connectivity index (χ3n) is 2.57. The average Bonchev–Trinajstić information content (AvgIpc) is 2.54. The first kappa shape index (κ1) is 18.7. The van der Waals surface area contributed by atoms with Gasteiger partial charge in [0.15, 0.2) is 11.5 Å². The van der Waals surface area contributed by atoms with Crippen LogP contribution in [0.2, 0.25) is 0 Å². The molecule has 8 heteroatoms. The van der Waals surface area contributed by atoms with E-state index in [1.165, 1.54) is 0 Å². The maximum atomic E-state index is 9.33. The first-order valence-corrected chi connectivity index (χ1v) is 8.21. The first-order valence-electron chi connectivity index (χ1n) is 5.97. The van der Waals surface area contributed by atoms with Crippen molar-refractivity contribution in [1.29, 1.82) is 0 Å². The molecule has 0 atom stereocenters. The summed E-state index contributed by atoms with van der Waals surface area (Å²) in [6.07, 6.45) is 0. The number of halogens is 1. The Morgan fingerprint density at radius 2 is 1.55 bits per heavy atom. The van der Waals surface area contributed by atoms with Gasteiger partial charge in [0.2, 0.25) is 0 Å². The fourth-order valence-corrected chi connectivity index (χ4v) is 1.73. The van der Waals surface area contributed by atoms with Crippen LogP contribution >= 0.6 is 23.0 Å². The summed E-state index contributed by atoms with van der Waals surface area (Å²) in [5, 5.41) is 0. The van der Waals surface area contributed by atoms with Gasteiger partial charge in [-0.05, 0) is 11.6 Å². The smallest absolute Gasteiger partial charge is 0.406 e. The monoisotopic (exact) mass is 438 g/mol. The third kappa shape index (κ3) is 5.79. The van der Waals surface area contributed by atoms with Crippen molar-refractivity contribution in [3.63, 3.8) is 0 Å². The molecule has 0 heterocycles. The second-order valence-corrected chi connectivity index (χ2v) is 5.96. The molecule has 2 aromatic rings. The Morgan fingerprint density at radius 3 is 2.00 bits per heavy atom. The number of hydrogen-bond acceptors (Lipinski definition) is 5. The van der Waals surface area contributed by atoms with Gasteiger partial charge in [0, 0.05) is 5.56 Å². The average molecular weight is 438 g/mol. The maximum Gasteiger partial charge on any atom is 0.406 e. The molecule has 6 nitrogen and oxygen atoms in total. The molecule has 0 radical (unpaired) electrons. The van der Waals surface area contributed by atoms with Crippen molar-refractivity contribution in [3.8, 4) is 22.6 Å². The van der Waals surface area contributed by atoms with E-state index >= 15 is 0 Å². The van der Waals surface area contributed by atoms with Crippen LogP contribution in [-0.2, 0) is 12.9 Å². The molecule has 0 bridgehead atoms. The Hall–Kier alpha value is -1.36. The molecule has 2 rings (SSSR count). The minimum Gasteiger partial charge on any atom is -0.493 e. The molecular weight excluding hydrogens is 423 g/mol. The molecule has 0 unspecified atom stereocenters. The molecule has 0 spiro atoms. The van der Waals surface area contributed by atoms with Gasteiger partial charge >= 0.3 is 10.4 Å². The number of para-hydroxylation sites is 1. The van der Waals surface area contributed by atoms with Crippen LogP contribution in [0, 0.1) is 0 Å². The lowest BCUT2D eigenvalue weighted by atomic mass is 10.0. The van der Waals surface area contributed by atoms with Crippen LogP contribution < -0.4 is 9.47 Å². The van der Waals surface area contributed by atoms with Gasteiger partial charge in [0.1, 0.15) is 23.0 Å². The lowest BCUT2D eigenvalue weighted by Crippen LogP contribution is -1.92. The number of rotatable bonds is 4. The summed E-state index contributed by atoms with van der Waals surface area (Å²) in [4.78, 5) is 0. The molecule has 1 N–H and O–H groups in total. The molecule has 0 saturated carbocycles. The lowest BCUT2D eigenvalue weighted by Gasteiger charge is -2.12. The molecule has 0 amide bonds. The van der Waals surface area contributed by atoms with Crippen molar-refractivity contribution in [2.24, 2.45) is 0 Å². The molecule has 22 heavy (non-hydrogen) atoms. The van der Waals surface area contributed by atoms with Crippen molar-refractivity contribution in [2.45, 2.75) is 0 Å². The summed E-state index contributed by atoms with van der Waals surface area (Å²) in [5.74, 6) is 1.53. The molecule has 0 saturated heterocycles. The molecular formula is C14H15IO6S. The zero-order valence-corrected chi connectivity index (χ0v) is 14.9. The zero-order chi connectivity index (χ0) is 16.6. The van der Waals surface area contributed by atoms with Crippen molar-refractivity contribution >= 4 is 33.4 Å². The van der Waals surface area contributed by atoms with E-state index in [-0.39, 0.29) is 0 Å². The van der Waals surface area contributed by atoms with Crippen LogP contribution in [0.25, 0.3) is 11.1 Å². The van der Waals surface area contributed by atoms with Crippen LogP contribution in [0.1, 0.15) is 0 Å². The van der Waals surface area contributed by atoms with Gasteiger partial charge in [-0.3, -0.25) is 4.55 Å². The highest BCUT2D eigenvalue weighted by Crippen LogP contribution is 2.37. The Labute approximate surface area is 143 Å². The summed E-state index contributed by atoms with van der Waals surface area (Å²) in [5.41, 5.74) is 2.17. The predicted molar refractivity (Wildman–Crippen MR) is 91.6 cm³/mol. The number of hydrogen-bond donors (Lipinski definition) is 1. The lowest BCUT2D eigenvalue weighted by molar-refractivity contribution is 0.356. The second-order valence-electron chi connectivity index (χ2n) is 3.90. The molecule has 0 aromatic heterocycles. The van der Waals surface area contributed by atoms with Gasteiger partial charge < -0.3 is 9.47 Å². The number of methoxy groups -OCH3 is 2. The Balaban J connectivity index is 0.000000346. The first-order chi connectivity index (χ1) is 10.4. The van der Waals surface area contributed by atoms with Crippen LogP contribution in [0.5, 0.6) is 11.5 Å². The van der Waals surface area contributed by atoms with E-state index in [0.717, 1.165) is 45.6 Å². The van der Waals surface area contributed by atoms with Gasteiger partial charge in [0.05, 0.1) is 14.2 Å².